The van der Waals surface area contributed by atoms with E-state index in [1.54, 1.807) is 36.4 Å². The lowest BCUT2D eigenvalue weighted by Gasteiger charge is -2.18. The average Bonchev–Trinajstić information content (AvgIpc) is 2.66. The van der Waals surface area contributed by atoms with E-state index in [1.807, 2.05) is 0 Å². The Morgan fingerprint density at radius 1 is 0.926 bits per heavy atom. The molecule has 1 amide bonds. The molecule has 2 aromatic carbocycles. The molecule has 0 unspecified atom stereocenters. The van der Waals surface area contributed by atoms with Crippen molar-refractivity contribution in [3.63, 3.8) is 0 Å². The highest BCUT2D eigenvalue weighted by Crippen LogP contribution is 2.27. The van der Waals surface area contributed by atoms with E-state index < -0.39 is 35.5 Å². The molecule has 1 aliphatic rings. The Labute approximate surface area is 153 Å². The topological polar surface area (TPSA) is 123 Å². The fourth-order valence-electron chi connectivity index (χ4n) is 2.69. The van der Waals surface area contributed by atoms with Crippen LogP contribution in [0.1, 0.15) is 32.7 Å². The molecule has 1 aliphatic carbocycles. The Bertz CT molecular complexity index is 1040. The smallest absolute Gasteiger partial charge is 0.285 e. The molecule has 0 heterocycles. The number of anilines is 1. The van der Waals surface area contributed by atoms with E-state index in [4.69, 9.17) is 5.73 Å². The predicted molar refractivity (Wildman–Crippen MR) is 97.0 cm³/mol. The van der Waals surface area contributed by atoms with Gasteiger partial charge in [0.05, 0.1) is 12.1 Å². The fourth-order valence-corrected chi connectivity index (χ4v) is 2.69. The molecule has 0 fully saturated rings. The molecule has 0 aliphatic heterocycles. The number of hydrogen-bond acceptors (Lipinski definition) is 6. The van der Waals surface area contributed by atoms with Crippen molar-refractivity contribution < 1.29 is 24.0 Å². The first kappa shape index (κ1) is 17.9. The van der Waals surface area contributed by atoms with Crippen LogP contribution in [0.25, 0.3) is 5.70 Å². The van der Waals surface area contributed by atoms with E-state index >= 15 is 0 Å². The van der Waals surface area contributed by atoms with E-state index in [0.717, 1.165) is 0 Å². The van der Waals surface area contributed by atoms with Crippen molar-refractivity contribution in [3.8, 4) is 0 Å². The van der Waals surface area contributed by atoms with Gasteiger partial charge in [0.15, 0.2) is 5.78 Å². The second kappa shape index (κ2) is 7.17. The first-order chi connectivity index (χ1) is 12.9. The van der Waals surface area contributed by atoms with Gasteiger partial charge >= 0.3 is 0 Å². The fraction of sp³-hybridized carbons (Fsp3) is 0.0500. The maximum absolute atomic E-state index is 12.1. The third kappa shape index (κ3) is 3.72. The lowest BCUT2D eigenvalue weighted by molar-refractivity contribution is -0.135. The molecule has 0 saturated heterocycles. The summed E-state index contributed by atoms with van der Waals surface area (Å²) in [5, 5.41) is 3.02. The Balaban J connectivity index is 1.87. The van der Waals surface area contributed by atoms with E-state index in [-0.39, 0.29) is 5.56 Å². The van der Waals surface area contributed by atoms with Crippen LogP contribution in [-0.2, 0) is 14.4 Å². The van der Waals surface area contributed by atoms with E-state index in [2.05, 4.69) is 5.32 Å². The van der Waals surface area contributed by atoms with E-state index in [9.17, 15) is 24.0 Å². The summed E-state index contributed by atoms with van der Waals surface area (Å²) in [6, 6.07) is 12.9. The van der Waals surface area contributed by atoms with Gasteiger partial charge in [-0.15, -0.1) is 0 Å². The van der Waals surface area contributed by atoms with E-state index in [0.29, 0.717) is 22.5 Å². The number of ketones is 4. The molecule has 0 radical (unpaired) electrons. The number of rotatable bonds is 6. The number of benzene rings is 2. The molecule has 0 spiro atoms. The summed E-state index contributed by atoms with van der Waals surface area (Å²) in [7, 11) is 0. The number of fused-ring (bicyclic) bond motifs is 1. The minimum absolute atomic E-state index is 0.210. The lowest BCUT2D eigenvalue weighted by Crippen LogP contribution is -2.25. The zero-order chi connectivity index (χ0) is 19.6. The van der Waals surface area contributed by atoms with Crippen LogP contribution in [0.4, 0.5) is 5.69 Å². The van der Waals surface area contributed by atoms with Gasteiger partial charge in [0.2, 0.25) is 17.3 Å². The number of nitrogens with one attached hydrogen (secondary N) is 1. The molecule has 0 atom stereocenters. The third-order valence-corrected chi connectivity index (χ3v) is 4.02. The largest absolute Gasteiger partial charge is 0.363 e. The summed E-state index contributed by atoms with van der Waals surface area (Å²) in [5.74, 6) is -3.90. The quantitative estimate of drug-likeness (QED) is 0.456. The molecule has 27 heavy (non-hydrogen) atoms. The molecule has 0 bridgehead atoms. The Hall–Kier alpha value is -3.87. The number of carbonyl (C=O) groups excluding carboxylic acids is 5. The summed E-state index contributed by atoms with van der Waals surface area (Å²) < 4.78 is 0. The van der Waals surface area contributed by atoms with Crippen LogP contribution in [0.3, 0.4) is 0 Å². The molecule has 3 N–H and O–H groups in total. The molecular formula is C20H14N2O5. The van der Waals surface area contributed by atoms with Gasteiger partial charge in [-0.1, -0.05) is 36.4 Å². The van der Waals surface area contributed by atoms with Crippen LogP contribution >= 0.6 is 0 Å². The van der Waals surface area contributed by atoms with Gasteiger partial charge in [-0.05, 0) is 12.1 Å². The minimum Gasteiger partial charge on any atom is -0.363 e. The second-order valence-electron chi connectivity index (χ2n) is 5.89. The van der Waals surface area contributed by atoms with Crippen LogP contribution in [0.5, 0.6) is 0 Å². The van der Waals surface area contributed by atoms with Crippen molar-refractivity contribution in [2.45, 2.75) is 6.42 Å². The standard InChI is InChI=1S/C20H14N2O5/c21-20(27)18(25)10-16(23)11-4-3-5-12(8-11)22-15-9-17(24)19(26)14-7-2-1-6-13(14)15/h1-9,22H,10H2,(H2,21,27). The molecule has 134 valence electrons. The summed E-state index contributed by atoms with van der Waals surface area (Å²) in [5.41, 5.74) is 6.85. The predicted octanol–water partition coefficient (Wildman–Crippen LogP) is 1.53. The molecule has 7 heteroatoms. The Kier molecular flexibility index (Phi) is 4.76. The number of hydrogen-bond donors (Lipinski definition) is 2. The van der Waals surface area contributed by atoms with Gasteiger partial charge in [-0.2, -0.15) is 0 Å². The monoisotopic (exact) mass is 362 g/mol. The van der Waals surface area contributed by atoms with Crippen molar-refractivity contribution in [2.75, 3.05) is 5.32 Å². The van der Waals surface area contributed by atoms with Crippen molar-refractivity contribution in [2.24, 2.45) is 5.73 Å². The number of carbonyl (C=O) groups is 5. The van der Waals surface area contributed by atoms with Gasteiger partial charge in [0.1, 0.15) is 0 Å². The molecule has 3 rings (SSSR count). The Morgan fingerprint density at radius 3 is 2.33 bits per heavy atom. The van der Waals surface area contributed by atoms with Crippen molar-refractivity contribution in [1.82, 2.24) is 0 Å². The second-order valence-corrected chi connectivity index (χ2v) is 5.89. The van der Waals surface area contributed by atoms with Crippen molar-refractivity contribution in [1.29, 1.82) is 0 Å². The summed E-state index contributed by atoms with van der Waals surface area (Å²) >= 11 is 0. The molecule has 0 saturated carbocycles. The highest BCUT2D eigenvalue weighted by molar-refractivity contribution is 6.50. The van der Waals surface area contributed by atoms with Gasteiger partial charge in [-0.3, -0.25) is 24.0 Å². The normalized spacial score (nSPS) is 12.8. The number of Topliss-reactive ketones (excluding diaryl/α,β-unsaturated/α-hetero) is 3. The van der Waals surface area contributed by atoms with Crippen LogP contribution in [0.15, 0.2) is 54.6 Å². The summed E-state index contributed by atoms with van der Waals surface area (Å²) in [4.78, 5) is 58.2. The third-order valence-electron chi connectivity index (χ3n) is 4.02. The zero-order valence-electron chi connectivity index (χ0n) is 14.0. The first-order valence-electron chi connectivity index (χ1n) is 7.99. The van der Waals surface area contributed by atoms with Crippen LogP contribution in [-0.4, -0.2) is 29.0 Å². The number of primary amides is 1. The van der Waals surface area contributed by atoms with Crippen molar-refractivity contribution in [3.05, 3.63) is 71.3 Å². The summed E-state index contributed by atoms with van der Waals surface area (Å²) in [6.07, 6.45) is 0.590. The maximum atomic E-state index is 12.1. The van der Waals surface area contributed by atoms with Gasteiger partial charge in [0.25, 0.3) is 5.91 Å². The van der Waals surface area contributed by atoms with Crippen molar-refractivity contribution >= 4 is 40.4 Å². The number of allylic oxidation sites excluding steroid dienone is 1. The van der Waals surface area contributed by atoms with Gasteiger partial charge in [0, 0.05) is 28.5 Å². The number of amides is 1. The maximum Gasteiger partial charge on any atom is 0.285 e. The molecule has 7 nitrogen and oxygen atoms in total. The molecular weight excluding hydrogens is 348 g/mol. The van der Waals surface area contributed by atoms with Crippen LogP contribution in [0.2, 0.25) is 0 Å². The van der Waals surface area contributed by atoms with Crippen LogP contribution < -0.4 is 11.1 Å². The Morgan fingerprint density at radius 2 is 1.63 bits per heavy atom. The highest BCUT2D eigenvalue weighted by atomic mass is 16.2. The number of nitrogens with two attached hydrogens (primary N) is 1. The average molecular weight is 362 g/mol. The minimum atomic E-state index is -1.16. The van der Waals surface area contributed by atoms with E-state index in [1.165, 1.54) is 18.2 Å². The highest BCUT2D eigenvalue weighted by Gasteiger charge is 2.25. The van der Waals surface area contributed by atoms with Gasteiger partial charge < -0.3 is 11.1 Å². The molecule has 2 aromatic rings. The summed E-state index contributed by atoms with van der Waals surface area (Å²) in [6.45, 7) is 0. The first-order valence-corrected chi connectivity index (χ1v) is 7.99. The lowest BCUT2D eigenvalue weighted by atomic mass is 9.92. The zero-order valence-corrected chi connectivity index (χ0v) is 14.0. The molecule has 0 aromatic heterocycles. The SMILES string of the molecule is NC(=O)C(=O)CC(=O)c1cccc(NC2=CC(=O)C(=O)c3ccccc32)c1. The van der Waals surface area contributed by atoms with Gasteiger partial charge in [-0.25, -0.2) is 0 Å². The van der Waals surface area contributed by atoms with Crippen LogP contribution in [0, 0.1) is 0 Å².